The second kappa shape index (κ2) is 5.34. The van der Waals surface area contributed by atoms with Gasteiger partial charge >= 0.3 is 5.97 Å². The number of carboxylic acid groups (broad SMARTS) is 1. The van der Waals surface area contributed by atoms with Gasteiger partial charge in [-0.05, 0) is 19.4 Å². The molecule has 0 radical (unpaired) electrons. The zero-order valence-corrected chi connectivity index (χ0v) is 9.32. The molecule has 5 nitrogen and oxygen atoms in total. The van der Waals surface area contributed by atoms with Gasteiger partial charge in [-0.3, -0.25) is 9.59 Å². The van der Waals surface area contributed by atoms with Gasteiger partial charge in [0.1, 0.15) is 12.0 Å². The number of carboxylic acids is 1. The van der Waals surface area contributed by atoms with E-state index in [1.807, 2.05) is 0 Å². The van der Waals surface area contributed by atoms with Crippen LogP contribution in [0.1, 0.15) is 29.5 Å². The Labute approximate surface area is 93.4 Å². The molecule has 5 heteroatoms. The minimum Gasteiger partial charge on any atom is -0.481 e. The molecule has 1 aromatic heterocycles. The first kappa shape index (κ1) is 12.3. The summed E-state index contributed by atoms with van der Waals surface area (Å²) in [6, 6.07) is 1.63. The summed E-state index contributed by atoms with van der Waals surface area (Å²) < 4.78 is 5.00. The number of hydrogen-bond donors (Lipinski definition) is 2. The van der Waals surface area contributed by atoms with Gasteiger partial charge in [-0.1, -0.05) is 6.92 Å². The first-order valence-electron chi connectivity index (χ1n) is 5.07. The molecule has 88 valence electrons. The molecular formula is C11H15NO4. The summed E-state index contributed by atoms with van der Waals surface area (Å²) in [5.74, 6) is -0.877. The maximum atomic E-state index is 11.5. The number of aryl methyl sites for hydroxylation is 1. The minimum absolute atomic E-state index is 0.241. The van der Waals surface area contributed by atoms with Crippen molar-refractivity contribution in [2.24, 2.45) is 5.92 Å². The molecule has 0 aromatic carbocycles. The van der Waals surface area contributed by atoms with E-state index >= 15 is 0 Å². The van der Waals surface area contributed by atoms with Crippen LogP contribution in [0.3, 0.4) is 0 Å². The lowest BCUT2D eigenvalue weighted by Gasteiger charge is -2.06. The van der Waals surface area contributed by atoms with E-state index in [2.05, 4.69) is 5.32 Å². The standard InChI is InChI=1S/C11H15NO4/c1-7(11(14)15)3-4-12-10(13)9-5-8(2)16-6-9/h5-7H,3-4H2,1-2H3,(H,12,13)(H,14,15). The monoisotopic (exact) mass is 225 g/mol. The fourth-order valence-electron chi connectivity index (χ4n) is 1.19. The zero-order valence-electron chi connectivity index (χ0n) is 9.32. The van der Waals surface area contributed by atoms with Gasteiger partial charge in [0, 0.05) is 6.54 Å². The van der Waals surface area contributed by atoms with Crippen LogP contribution in [0.4, 0.5) is 0 Å². The number of carbonyl (C=O) groups excluding carboxylic acids is 1. The Morgan fingerprint density at radius 3 is 2.75 bits per heavy atom. The van der Waals surface area contributed by atoms with Gasteiger partial charge in [0.05, 0.1) is 11.5 Å². The topological polar surface area (TPSA) is 79.5 Å². The summed E-state index contributed by atoms with van der Waals surface area (Å²) >= 11 is 0. The quantitative estimate of drug-likeness (QED) is 0.794. The molecule has 0 fully saturated rings. The van der Waals surface area contributed by atoms with Crippen molar-refractivity contribution in [3.63, 3.8) is 0 Å². The highest BCUT2D eigenvalue weighted by Crippen LogP contribution is 2.06. The summed E-state index contributed by atoms with van der Waals surface area (Å²) in [7, 11) is 0. The second-order valence-electron chi connectivity index (χ2n) is 3.73. The highest BCUT2D eigenvalue weighted by molar-refractivity contribution is 5.93. The number of aliphatic carboxylic acids is 1. The summed E-state index contributed by atoms with van der Waals surface area (Å²) in [5.41, 5.74) is 0.459. The van der Waals surface area contributed by atoms with E-state index in [1.54, 1.807) is 19.9 Å². The number of furan rings is 1. The Balaban J connectivity index is 2.34. The maximum Gasteiger partial charge on any atom is 0.306 e. The molecule has 0 spiro atoms. The molecule has 2 N–H and O–H groups in total. The lowest BCUT2D eigenvalue weighted by Crippen LogP contribution is -2.26. The van der Waals surface area contributed by atoms with Crippen LogP contribution in [-0.2, 0) is 4.79 Å². The fourth-order valence-corrected chi connectivity index (χ4v) is 1.19. The van der Waals surface area contributed by atoms with Gasteiger partial charge in [-0.15, -0.1) is 0 Å². The zero-order chi connectivity index (χ0) is 12.1. The van der Waals surface area contributed by atoms with Gasteiger partial charge < -0.3 is 14.8 Å². The molecule has 1 aromatic rings. The van der Waals surface area contributed by atoms with Crippen LogP contribution in [0, 0.1) is 12.8 Å². The van der Waals surface area contributed by atoms with Crippen LogP contribution in [-0.4, -0.2) is 23.5 Å². The van der Waals surface area contributed by atoms with E-state index in [9.17, 15) is 9.59 Å². The van der Waals surface area contributed by atoms with Crippen LogP contribution in [0.2, 0.25) is 0 Å². The van der Waals surface area contributed by atoms with Gasteiger partial charge in [0.25, 0.3) is 5.91 Å². The number of carbonyl (C=O) groups is 2. The Hall–Kier alpha value is -1.78. The normalized spacial score (nSPS) is 12.1. The van der Waals surface area contributed by atoms with Gasteiger partial charge in [-0.2, -0.15) is 0 Å². The van der Waals surface area contributed by atoms with Crippen LogP contribution in [0.25, 0.3) is 0 Å². The van der Waals surface area contributed by atoms with Crippen LogP contribution in [0.15, 0.2) is 16.7 Å². The summed E-state index contributed by atoms with van der Waals surface area (Å²) in [6.45, 7) is 3.70. The molecule has 0 aliphatic heterocycles. The third-order valence-electron chi connectivity index (χ3n) is 2.28. The molecular weight excluding hydrogens is 210 g/mol. The molecule has 1 amide bonds. The lowest BCUT2D eigenvalue weighted by molar-refractivity contribution is -0.141. The SMILES string of the molecule is Cc1cc(C(=O)NCCC(C)C(=O)O)co1. The average molecular weight is 225 g/mol. The number of hydrogen-bond acceptors (Lipinski definition) is 3. The lowest BCUT2D eigenvalue weighted by atomic mass is 10.1. The highest BCUT2D eigenvalue weighted by Gasteiger charge is 2.12. The van der Waals surface area contributed by atoms with E-state index in [1.165, 1.54) is 6.26 Å². The summed E-state index contributed by atoms with van der Waals surface area (Å²) in [6.07, 6.45) is 1.79. The number of nitrogens with one attached hydrogen (secondary N) is 1. The summed E-state index contributed by atoms with van der Waals surface area (Å²) in [4.78, 5) is 22.0. The van der Waals surface area contributed by atoms with Crippen LogP contribution >= 0.6 is 0 Å². The minimum atomic E-state index is -0.853. The fraction of sp³-hybridized carbons (Fsp3) is 0.455. The largest absolute Gasteiger partial charge is 0.481 e. The van der Waals surface area contributed by atoms with Crippen molar-refractivity contribution in [3.8, 4) is 0 Å². The molecule has 16 heavy (non-hydrogen) atoms. The van der Waals surface area contributed by atoms with Crippen LogP contribution in [0.5, 0.6) is 0 Å². The predicted molar refractivity (Wildman–Crippen MR) is 57.2 cm³/mol. The van der Waals surface area contributed by atoms with E-state index in [0.29, 0.717) is 24.3 Å². The van der Waals surface area contributed by atoms with E-state index in [-0.39, 0.29) is 5.91 Å². The first-order valence-corrected chi connectivity index (χ1v) is 5.07. The van der Waals surface area contributed by atoms with Crippen molar-refractivity contribution < 1.29 is 19.1 Å². The van der Waals surface area contributed by atoms with Crippen molar-refractivity contribution in [1.82, 2.24) is 5.32 Å². The third-order valence-corrected chi connectivity index (χ3v) is 2.28. The molecule has 1 heterocycles. The van der Waals surface area contributed by atoms with E-state index in [0.717, 1.165) is 0 Å². The highest BCUT2D eigenvalue weighted by atomic mass is 16.4. The predicted octanol–water partition coefficient (Wildman–Crippen LogP) is 1.43. The molecule has 1 rings (SSSR count). The third kappa shape index (κ3) is 3.42. The Bertz CT molecular complexity index is 383. The van der Waals surface area contributed by atoms with E-state index < -0.39 is 11.9 Å². The smallest absolute Gasteiger partial charge is 0.306 e. The Morgan fingerprint density at radius 2 is 2.25 bits per heavy atom. The molecule has 1 atom stereocenters. The molecule has 0 saturated heterocycles. The molecule has 0 aliphatic carbocycles. The molecule has 1 unspecified atom stereocenters. The average Bonchev–Trinajstić information content (AvgIpc) is 2.64. The molecule has 0 saturated carbocycles. The van der Waals surface area contributed by atoms with Crippen molar-refractivity contribution in [2.45, 2.75) is 20.3 Å². The molecule has 0 aliphatic rings. The number of rotatable bonds is 5. The van der Waals surface area contributed by atoms with Crippen LogP contribution < -0.4 is 5.32 Å². The van der Waals surface area contributed by atoms with Crippen molar-refractivity contribution in [2.75, 3.05) is 6.54 Å². The second-order valence-corrected chi connectivity index (χ2v) is 3.73. The summed E-state index contributed by atoms with van der Waals surface area (Å²) in [5, 5.41) is 11.3. The Morgan fingerprint density at radius 1 is 1.56 bits per heavy atom. The molecule has 0 bridgehead atoms. The first-order chi connectivity index (χ1) is 7.50. The van der Waals surface area contributed by atoms with Gasteiger partial charge in [0.15, 0.2) is 0 Å². The van der Waals surface area contributed by atoms with Crippen molar-refractivity contribution >= 4 is 11.9 Å². The van der Waals surface area contributed by atoms with Crippen molar-refractivity contribution in [3.05, 3.63) is 23.7 Å². The van der Waals surface area contributed by atoms with E-state index in [4.69, 9.17) is 9.52 Å². The van der Waals surface area contributed by atoms with Crippen molar-refractivity contribution in [1.29, 1.82) is 0 Å². The van der Waals surface area contributed by atoms with Gasteiger partial charge in [0.2, 0.25) is 0 Å². The van der Waals surface area contributed by atoms with Gasteiger partial charge in [-0.25, -0.2) is 0 Å². The number of amides is 1. The Kier molecular flexibility index (Phi) is 4.10. The maximum absolute atomic E-state index is 11.5.